The van der Waals surface area contributed by atoms with Gasteiger partial charge in [0.2, 0.25) is 6.10 Å². The van der Waals surface area contributed by atoms with E-state index in [1.165, 1.54) is 12.1 Å². The Morgan fingerprint density at radius 2 is 1.86 bits per heavy atom. The molecule has 1 atom stereocenters. The van der Waals surface area contributed by atoms with Crippen molar-refractivity contribution in [2.45, 2.75) is 6.10 Å². The van der Waals surface area contributed by atoms with Gasteiger partial charge in [0.15, 0.2) is 11.5 Å². The van der Waals surface area contributed by atoms with Crippen molar-refractivity contribution in [3.8, 4) is 17.2 Å². The van der Waals surface area contributed by atoms with E-state index in [1.807, 2.05) is 30.3 Å². The fraction of sp³-hybridized carbons (Fsp3) is 0.100. The molecule has 1 N–H and O–H groups in total. The van der Waals surface area contributed by atoms with Crippen molar-refractivity contribution in [2.75, 3.05) is 6.61 Å². The van der Waals surface area contributed by atoms with Crippen molar-refractivity contribution in [3.05, 3.63) is 70.3 Å². The molecule has 29 heavy (non-hydrogen) atoms. The fourth-order valence-electron chi connectivity index (χ4n) is 2.91. The number of hydrogen-bond donors (Lipinski definition) is 1. The first-order chi connectivity index (χ1) is 14.0. The highest BCUT2D eigenvalue weighted by atomic mass is 16.6. The minimum Gasteiger partial charge on any atom is -0.867 e. The monoisotopic (exact) mass is 392 g/mol. The third kappa shape index (κ3) is 3.65. The molecule has 9 nitrogen and oxygen atoms in total. The number of nitro groups is 1. The highest BCUT2D eigenvalue weighted by Crippen LogP contribution is 2.35. The van der Waals surface area contributed by atoms with Crippen LogP contribution in [0.15, 0.2) is 59.7 Å². The molecule has 0 fully saturated rings. The van der Waals surface area contributed by atoms with Gasteiger partial charge >= 0.3 is 0 Å². The number of nitrogens with zero attached hydrogens (tertiary/aromatic N) is 2. The maximum Gasteiger partial charge on any atom is 0.284 e. The Kier molecular flexibility index (Phi) is 4.70. The number of rotatable bonds is 4. The fourth-order valence-corrected chi connectivity index (χ4v) is 2.91. The van der Waals surface area contributed by atoms with Crippen LogP contribution in [0.5, 0.6) is 17.2 Å². The molecule has 3 aromatic rings. The number of amides is 1. The number of hydrogen-bond acceptors (Lipinski definition) is 7. The number of nitrogens with one attached hydrogen (secondary N) is 1. The van der Waals surface area contributed by atoms with Crippen LogP contribution in [0.4, 0.5) is 5.69 Å². The summed E-state index contributed by atoms with van der Waals surface area (Å²) in [5, 5.41) is 28.4. The molecule has 146 valence electrons. The molecule has 1 aliphatic rings. The molecule has 0 aromatic heterocycles. The Bertz CT molecular complexity index is 1140. The van der Waals surface area contributed by atoms with Gasteiger partial charge in [-0.1, -0.05) is 36.4 Å². The van der Waals surface area contributed by atoms with Crippen LogP contribution < -0.4 is 20.0 Å². The van der Waals surface area contributed by atoms with E-state index in [0.717, 1.165) is 23.1 Å². The lowest BCUT2D eigenvalue weighted by Gasteiger charge is -2.25. The van der Waals surface area contributed by atoms with E-state index in [-0.39, 0.29) is 12.2 Å². The van der Waals surface area contributed by atoms with Crippen LogP contribution in [0.3, 0.4) is 0 Å². The Balaban J connectivity index is 1.45. The molecular formula is C20H14N3O6-. The lowest BCUT2D eigenvalue weighted by Crippen LogP contribution is -2.42. The van der Waals surface area contributed by atoms with Gasteiger partial charge in [0.25, 0.3) is 11.6 Å². The third-order valence-corrected chi connectivity index (χ3v) is 4.36. The lowest BCUT2D eigenvalue weighted by atomic mass is 10.1. The van der Waals surface area contributed by atoms with Gasteiger partial charge in [0, 0.05) is 6.07 Å². The van der Waals surface area contributed by atoms with Gasteiger partial charge in [-0.15, -0.1) is 0 Å². The highest BCUT2D eigenvalue weighted by Gasteiger charge is 2.27. The molecule has 1 amide bonds. The highest BCUT2D eigenvalue weighted by molar-refractivity contribution is 5.89. The predicted molar refractivity (Wildman–Crippen MR) is 102 cm³/mol. The average molecular weight is 392 g/mol. The predicted octanol–water partition coefficient (Wildman–Crippen LogP) is 2.11. The molecule has 0 radical (unpaired) electrons. The number of fused-ring (bicyclic) bond motifs is 2. The molecule has 0 saturated carbocycles. The molecule has 1 heterocycles. The minimum absolute atomic E-state index is 0.00366. The summed E-state index contributed by atoms with van der Waals surface area (Å²) in [6.45, 7) is -0.00366. The van der Waals surface area contributed by atoms with Gasteiger partial charge in [-0.25, -0.2) is 5.43 Å². The summed E-state index contributed by atoms with van der Waals surface area (Å²) < 4.78 is 11.3. The molecule has 3 aromatic carbocycles. The molecule has 0 aliphatic carbocycles. The van der Waals surface area contributed by atoms with Crippen LogP contribution in [0.25, 0.3) is 10.8 Å². The number of carbonyl (C=O) groups is 1. The van der Waals surface area contributed by atoms with Gasteiger partial charge < -0.3 is 14.6 Å². The zero-order chi connectivity index (χ0) is 20.4. The van der Waals surface area contributed by atoms with E-state index in [0.29, 0.717) is 11.5 Å². The van der Waals surface area contributed by atoms with E-state index >= 15 is 0 Å². The van der Waals surface area contributed by atoms with Crippen molar-refractivity contribution in [3.63, 3.8) is 0 Å². The van der Waals surface area contributed by atoms with Crippen LogP contribution in [-0.4, -0.2) is 29.8 Å². The first kappa shape index (κ1) is 18.2. The second-order valence-electron chi connectivity index (χ2n) is 6.25. The Labute approximate surface area is 164 Å². The molecule has 0 spiro atoms. The smallest absolute Gasteiger partial charge is 0.284 e. The van der Waals surface area contributed by atoms with Gasteiger partial charge in [-0.3, -0.25) is 14.9 Å². The number of nitro benzene ring substituents is 1. The van der Waals surface area contributed by atoms with Crippen molar-refractivity contribution in [1.29, 1.82) is 0 Å². The Morgan fingerprint density at radius 3 is 2.59 bits per heavy atom. The molecule has 9 heteroatoms. The summed E-state index contributed by atoms with van der Waals surface area (Å²) in [6, 6.07) is 15.2. The number of para-hydroxylation sites is 1. The topological polar surface area (TPSA) is 126 Å². The molecule has 0 saturated heterocycles. The van der Waals surface area contributed by atoms with E-state index in [9.17, 15) is 20.0 Å². The summed E-state index contributed by atoms with van der Waals surface area (Å²) in [5.74, 6) is -0.366. The lowest BCUT2D eigenvalue weighted by molar-refractivity contribution is -0.398. The van der Waals surface area contributed by atoms with E-state index < -0.39 is 28.4 Å². The van der Waals surface area contributed by atoms with E-state index in [4.69, 9.17) is 9.47 Å². The van der Waals surface area contributed by atoms with Crippen LogP contribution in [0.1, 0.15) is 5.56 Å². The van der Waals surface area contributed by atoms with Crippen molar-refractivity contribution < 1.29 is 24.3 Å². The van der Waals surface area contributed by atoms with Crippen molar-refractivity contribution >= 4 is 28.6 Å². The summed E-state index contributed by atoms with van der Waals surface area (Å²) in [7, 11) is 0. The number of benzene rings is 3. The molecule has 0 bridgehead atoms. The van der Waals surface area contributed by atoms with Gasteiger partial charge in [-0.2, -0.15) is 5.10 Å². The second kappa shape index (κ2) is 7.47. The zero-order valence-corrected chi connectivity index (χ0v) is 14.9. The third-order valence-electron chi connectivity index (χ3n) is 4.36. The molecular weight excluding hydrogens is 378 g/mol. The van der Waals surface area contributed by atoms with Crippen LogP contribution in [-0.2, 0) is 4.79 Å². The minimum atomic E-state index is -0.933. The van der Waals surface area contributed by atoms with Crippen LogP contribution in [0, 0.1) is 10.1 Å². The number of carbonyl (C=O) groups excluding carboxylic acids is 1. The summed E-state index contributed by atoms with van der Waals surface area (Å²) in [6.07, 6.45) is 0.121. The van der Waals surface area contributed by atoms with Crippen LogP contribution in [0.2, 0.25) is 0 Å². The maximum absolute atomic E-state index is 12.3. The van der Waals surface area contributed by atoms with Gasteiger partial charge in [-0.05, 0) is 34.2 Å². The normalized spacial score (nSPS) is 15.4. The summed E-state index contributed by atoms with van der Waals surface area (Å²) in [5.41, 5.74) is 1.68. The quantitative estimate of drug-likeness (QED) is 0.412. The van der Waals surface area contributed by atoms with E-state index in [2.05, 4.69) is 10.5 Å². The standard InChI is InChI=1S/C20H15N3O6/c24-19-14(6-3-7-15(19)23(26)27)10-21-22-20(25)18-11-28-16-8-12-4-1-2-5-13(12)9-17(16)29-18/h1-10,18,24H,11H2,(H,22,25)/p-1/b21-10+/t18-/m1/s1. The van der Waals surface area contributed by atoms with Crippen molar-refractivity contribution in [1.82, 2.24) is 5.43 Å². The largest absolute Gasteiger partial charge is 0.867 e. The van der Waals surface area contributed by atoms with Crippen molar-refractivity contribution in [2.24, 2.45) is 5.10 Å². The van der Waals surface area contributed by atoms with Gasteiger partial charge in [0.05, 0.1) is 11.1 Å². The molecule has 1 aliphatic heterocycles. The number of ether oxygens (including phenoxy) is 2. The SMILES string of the molecule is O=C(N/N=C/c1cccc([N+](=O)[O-])c1[O-])[C@H]1COc2cc3ccccc3cc2O1. The maximum atomic E-state index is 12.3. The number of hydrazone groups is 1. The molecule has 4 rings (SSSR count). The van der Waals surface area contributed by atoms with Gasteiger partial charge in [0.1, 0.15) is 6.61 Å². The first-order valence-electron chi connectivity index (χ1n) is 8.62. The average Bonchev–Trinajstić information content (AvgIpc) is 2.72. The second-order valence-corrected chi connectivity index (χ2v) is 6.25. The molecule has 0 unspecified atom stereocenters. The Hall–Kier alpha value is -4.14. The van der Waals surface area contributed by atoms with E-state index in [1.54, 1.807) is 6.07 Å². The zero-order valence-electron chi connectivity index (χ0n) is 14.9. The summed E-state index contributed by atoms with van der Waals surface area (Å²) in [4.78, 5) is 22.3. The van der Waals surface area contributed by atoms with Crippen LogP contribution >= 0.6 is 0 Å². The first-order valence-corrected chi connectivity index (χ1v) is 8.62. The Morgan fingerprint density at radius 1 is 1.14 bits per heavy atom. The summed E-state index contributed by atoms with van der Waals surface area (Å²) >= 11 is 0.